The minimum Gasteiger partial charge on any atom is -0.361 e. The second kappa shape index (κ2) is 9.54. The fourth-order valence-electron chi connectivity index (χ4n) is 3.10. The Labute approximate surface area is 168 Å². The van der Waals surface area contributed by atoms with Crippen molar-refractivity contribution in [1.29, 1.82) is 0 Å². The molecule has 7 heteroatoms. The first-order valence-electron chi connectivity index (χ1n) is 9.47. The molecule has 0 saturated heterocycles. The first kappa shape index (κ1) is 20.1. The molecule has 0 aliphatic rings. The number of hydrogen-bond acceptors (Lipinski definition) is 3. The molecular formula is C22H24N4O3. The van der Waals surface area contributed by atoms with Crippen LogP contribution in [0.15, 0.2) is 60.8 Å². The molecule has 3 aromatic rings. The summed E-state index contributed by atoms with van der Waals surface area (Å²) in [6.07, 6.45) is 2.30. The molecule has 0 aliphatic heterocycles. The van der Waals surface area contributed by atoms with Gasteiger partial charge in [0, 0.05) is 49.1 Å². The molecule has 150 valence electrons. The van der Waals surface area contributed by atoms with Crippen molar-refractivity contribution in [3.8, 4) is 0 Å². The molecule has 3 rings (SSSR count). The number of fused-ring (bicyclic) bond motifs is 1. The van der Waals surface area contributed by atoms with Crippen molar-refractivity contribution < 1.29 is 14.4 Å². The first-order chi connectivity index (χ1) is 14.0. The molecule has 29 heavy (non-hydrogen) atoms. The second-order valence-corrected chi connectivity index (χ2v) is 6.77. The number of anilines is 1. The van der Waals surface area contributed by atoms with Crippen LogP contribution < -0.4 is 16.0 Å². The topological polar surface area (TPSA) is 103 Å². The van der Waals surface area contributed by atoms with Gasteiger partial charge in [-0.25, -0.2) is 0 Å². The van der Waals surface area contributed by atoms with Gasteiger partial charge in [0.1, 0.15) is 6.04 Å². The van der Waals surface area contributed by atoms with E-state index in [1.807, 2.05) is 48.7 Å². The predicted molar refractivity (Wildman–Crippen MR) is 112 cm³/mol. The third kappa shape index (κ3) is 5.68. The highest BCUT2D eigenvalue weighted by atomic mass is 16.2. The van der Waals surface area contributed by atoms with Crippen molar-refractivity contribution in [3.63, 3.8) is 0 Å². The predicted octanol–water partition coefficient (Wildman–Crippen LogP) is 2.36. The van der Waals surface area contributed by atoms with Crippen LogP contribution in [0.25, 0.3) is 10.9 Å². The van der Waals surface area contributed by atoms with E-state index in [-0.39, 0.29) is 30.7 Å². The fourth-order valence-corrected chi connectivity index (χ4v) is 3.10. The number of benzene rings is 2. The maximum Gasteiger partial charge on any atom is 0.247 e. The van der Waals surface area contributed by atoms with Gasteiger partial charge in [0.2, 0.25) is 17.7 Å². The van der Waals surface area contributed by atoms with Crippen molar-refractivity contribution in [2.75, 3.05) is 11.9 Å². The van der Waals surface area contributed by atoms with E-state index in [9.17, 15) is 14.4 Å². The molecule has 3 amide bonds. The summed E-state index contributed by atoms with van der Waals surface area (Å²) in [5.74, 6) is -0.795. The molecule has 0 fully saturated rings. The molecule has 4 N–H and O–H groups in total. The van der Waals surface area contributed by atoms with Crippen LogP contribution in [-0.4, -0.2) is 35.3 Å². The molecule has 1 heterocycles. The maximum absolute atomic E-state index is 12.9. The van der Waals surface area contributed by atoms with Crippen molar-refractivity contribution in [2.24, 2.45) is 0 Å². The van der Waals surface area contributed by atoms with Crippen LogP contribution in [0.4, 0.5) is 5.69 Å². The zero-order valence-corrected chi connectivity index (χ0v) is 16.2. The van der Waals surface area contributed by atoms with Gasteiger partial charge in [0.25, 0.3) is 0 Å². The van der Waals surface area contributed by atoms with Crippen LogP contribution in [0.2, 0.25) is 0 Å². The molecule has 0 radical (unpaired) electrons. The number of nitrogens with one attached hydrogen (secondary N) is 4. The minimum absolute atomic E-state index is 0.0998. The van der Waals surface area contributed by atoms with E-state index >= 15 is 0 Å². The van der Waals surface area contributed by atoms with Gasteiger partial charge in [-0.1, -0.05) is 36.4 Å². The molecule has 1 unspecified atom stereocenters. The van der Waals surface area contributed by atoms with Crippen LogP contribution in [0.3, 0.4) is 0 Å². The summed E-state index contributed by atoms with van der Waals surface area (Å²) >= 11 is 0. The maximum atomic E-state index is 12.9. The number of para-hydroxylation sites is 2. The number of hydrogen-bond donors (Lipinski definition) is 4. The highest BCUT2D eigenvalue weighted by molar-refractivity contribution is 5.98. The van der Waals surface area contributed by atoms with Crippen LogP contribution in [0.1, 0.15) is 18.9 Å². The monoisotopic (exact) mass is 392 g/mol. The van der Waals surface area contributed by atoms with E-state index in [2.05, 4.69) is 20.9 Å². The number of carbonyl (C=O) groups is 3. The van der Waals surface area contributed by atoms with Gasteiger partial charge in [0.15, 0.2) is 0 Å². The van der Waals surface area contributed by atoms with Crippen LogP contribution >= 0.6 is 0 Å². The van der Waals surface area contributed by atoms with Crippen molar-refractivity contribution in [1.82, 2.24) is 15.6 Å². The van der Waals surface area contributed by atoms with E-state index in [0.717, 1.165) is 16.5 Å². The lowest BCUT2D eigenvalue weighted by atomic mass is 10.0. The fraction of sp³-hybridized carbons (Fsp3) is 0.227. The van der Waals surface area contributed by atoms with E-state index in [1.165, 1.54) is 6.92 Å². The van der Waals surface area contributed by atoms with E-state index in [0.29, 0.717) is 12.1 Å². The van der Waals surface area contributed by atoms with Crippen LogP contribution in [-0.2, 0) is 20.8 Å². The standard InChI is InChI=1S/C22H24N4O3/c1-15(27)23-12-11-21(28)26-20(22(29)25-17-7-3-2-4-8-17)13-16-14-24-19-10-6-5-9-18(16)19/h2-10,14,20,24H,11-13H2,1H3,(H,23,27)(H,25,29)(H,26,28). The van der Waals surface area contributed by atoms with Crippen molar-refractivity contribution in [2.45, 2.75) is 25.8 Å². The van der Waals surface area contributed by atoms with Gasteiger partial charge < -0.3 is 20.9 Å². The third-order valence-electron chi connectivity index (χ3n) is 4.52. The summed E-state index contributed by atoms with van der Waals surface area (Å²) in [6.45, 7) is 1.62. The quantitative estimate of drug-likeness (QED) is 0.473. The Hall–Kier alpha value is -3.61. The summed E-state index contributed by atoms with van der Waals surface area (Å²) in [5, 5.41) is 9.24. The molecule has 7 nitrogen and oxygen atoms in total. The summed E-state index contributed by atoms with van der Waals surface area (Å²) in [7, 11) is 0. The summed E-state index contributed by atoms with van der Waals surface area (Å²) in [6, 6.07) is 16.2. The average molecular weight is 392 g/mol. The second-order valence-electron chi connectivity index (χ2n) is 6.77. The molecule has 2 aromatic carbocycles. The number of amides is 3. The third-order valence-corrected chi connectivity index (χ3v) is 4.52. The Morgan fingerprint density at radius 2 is 1.72 bits per heavy atom. The normalized spacial score (nSPS) is 11.6. The first-order valence-corrected chi connectivity index (χ1v) is 9.47. The number of carbonyl (C=O) groups excluding carboxylic acids is 3. The van der Waals surface area contributed by atoms with Gasteiger partial charge >= 0.3 is 0 Å². The number of aromatic nitrogens is 1. The summed E-state index contributed by atoms with van der Waals surface area (Å²) in [4.78, 5) is 39.4. The lowest BCUT2D eigenvalue weighted by Crippen LogP contribution is -2.46. The number of rotatable bonds is 8. The smallest absolute Gasteiger partial charge is 0.247 e. The molecule has 1 aromatic heterocycles. The van der Waals surface area contributed by atoms with E-state index in [4.69, 9.17) is 0 Å². The van der Waals surface area contributed by atoms with Gasteiger partial charge in [-0.3, -0.25) is 14.4 Å². The molecule has 1 atom stereocenters. The lowest BCUT2D eigenvalue weighted by molar-refractivity contribution is -0.126. The molecule has 0 saturated carbocycles. The number of H-pyrrole nitrogens is 1. The average Bonchev–Trinajstić information content (AvgIpc) is 3.11. The van der Waals surface area contributed by atoms with Crippen LogP contribution in [0.5, 0.6) is 0 Å². The SMILES string of the molecule is CC(=O)NCCC(=O)NC(Cc1c[nH]c2ccccc12)C(=O)Nc1ccccc1. The molecular weight excluding hydrogens is 368 g/mol. The Balaban J connectivity index is 1.74. The van der Waals surface area contributed by atoms with Gasteiger partial charge in [-0.05, 0) is 23.8 Å². The van der Waals surface area contributed by atoms with Gasteiger partial charge in [-0.15, -0.1) is 0 Å². The Bertz CT molecular complexity index is 997. The largest absolute Gasteiger partial charge is 0.361 e. The van der Waals surface area contributed by atoms with E-state index < -0.39 is 6.04 Å². The molecule has 0 bridgehead atoms. The molecule has 0 aliphatic carbocycles. The lowest BCUT2D eigenvalue weighted by Gasteiger charge is -2.18. The molecule has 0 spiro atoms. The zero-order chi connectivity index (χ0) is 20.6. The number of aromatic amines is 1. The van der Waals surface area contributed by atoms with E-state index in [1.54, 1.807) is 12.1 Å². The Kier molecular flexibility index (Phi) is 6.63. The minimum atomic E-state index is -0.751. The van der Waals surface area contributed by atoms with Crippen molar-refractivity contribution >= 4 is 34.3 Å². The Morgan fingerprint density at radius 3 is 2.48 bits per heavy atom. The highest BCUT2D eigenvalue weighted by Crippen LogP contribution is 2.19. The summed E-state index contributed by atoms with van der Waals surface area (Å²) in [5.41, 5.74) is 2.58. The Morgan fingerprint density at radius 1 is 1.00 bits per heavy atom. The highest BCUT2D eigenvalue weighted by Gasteiger charge is 2.22. The van der Waals surface area contributed by atoms with Crippen molar-refractivity contribution in [3.05, 3.63) is 66.4 Å². The van der Waals surface area contributed by atoms with Gasteiger partial charge in [0.05, 0.1) is 0 Å². The summed E-state index contributed by atoms with van der Waals surface area (Å²) < 4.78 is 0. The van der Waals surface area contributed by atoms with Crippen LogP contribution in [0, 0.1) is 0 Å². The zero-order valence-electron chi connectivity index (χ0n) is 16.2. The van der Waals surface area contributed by atoms with Gasteiger partial charge in [-0.2, -0.15) is 0 Å².